The van der Waals surface area contributed by atoms with Crippen molar-refractivity contribution < 1.29 is 41.3 Å². The lowest BCUT2D eigenvalue weighted by Crippen LogP contribution is -2.62. The average Bonchev–Trinajstić information content (AvgIpc) is 3.72. The van der Waals surface area contributed by atoms with E-state index in [1.54, 1.807) is 24.4 Å². The number of phenols is 1. The number of imide groups is 1. The molecule has 3 heterocycles. The van der Waals surface area contributed by atoms with E-state index in [4.69, 9.17) is 19.4 Å². The molecule has 258 valence electrons. The van der Waals surface area contributed by atoms with E-state index < -0.39 is 34.1 Å². The van der Waals surface area contributed by atoms with E-state index >= 15 is 0 Å². The third kappa shape index (κ3) is 8.16. The van der Waals surface area contributed by atoms with Gasteiger partial charge in [0.15, 0.2) is 15.7 Å². The van der Waals surface area contributed by atoms with Crippen molar-refractivity contribution in [1.82, 2.24) is 4.90 Å². The molecule has 0 bridgehead atoms. The summed E-state index contributed by atoms with van der Waals surface area (Å²) in [4.78, 5) is 29.3. The van der Waals surface area contributed by atoms with Gasteiger partial charge in [0, 0.05) is 11.3 Å². The average molecular weight is 708 g/mol. The molecule has 6 rings (SSSR count). The zero-order valence-corrected chi connectivity index (χ0v) is 28.8. The Labute approximate surface area is 289 Å². The minimum absolute atomic E-state index is 0.0803. The number of carbonyl (C=O) groups excluding carboxylic acids is 2. The van der Waals surface area contributed by atoms with Crippen LogP contribution >= 0.6 is 11.3 Å². The maximum Gasteiger partial charge on any atom is 0.348 e. The Kier molecular flexibility index (Phi) is 9.84. The first-order valence-corrected chi connectivity index (χ1v) is 18.2. The van der Waals surface area contributed by atoms with Crippen molar-refractivity contribution in [3.8, 4) is 23.0 Å². The van der Waals surface area contributed by atoms with Crippen molar-refractivity contribution in [3.63, 3.8) is 0 Å². The van der Waals surface area contributed by atoms with E-state index in [2.05, 4.69) is 12.4 Å². The van der Waals surface area contributed by atoms with Crippen molar-refractivity contribution >= 4 is 39.1 Å². The van der Waals surface area contributed by atoms with Crippen molar-refractivity contribution in [3.05, 3.63) is 94.9 Å². The van der Waals surface area contributed by atoms with Crippen molar-refractivity contribution in [2.24, 2.45) is 5.73 Å². The van der Waals surface area contributed by atoms with Gasteiger partial charge in [0.1, 0.15) is 24.6 Å². The number of aryl methyl sites for hydroxylation is 1. The van der Waals surface area contributed by atoms with Gasteiger partial charge in [-0.1, -0.05) is 12.1 Å². The predicted molar refractivity (Wildman–Crippen MR) is 184 cm³/mol. The fraction of sp³-hybridized carbons (Fsp3) is 0.314. The Morgan fingerprint density at radius 2 is 1.78 bits per heavy atom. The number of likely N-dealkylation sites (tertiary alicyclic amines) is 1. The van der Waals surface area contributed by atoms with E-state index in [0.717, 1.165) is 41.0 Å². The number of phenolic OH excluding ortho intramolecular Hbond substituents is 1. The van der Waals surface area contributed by atoms with Gasteiger partial charge in [0.25, 0.3) is 0 Å². The van der Waals surface area contributed by atoms with Gasteiger partial charge < -0.3 is 34.3 Å². The molecule has 14 heteroatoms. The van der Waals surface area contributed by atoms with Crippen molar-refractivity contribution in [2.45, 2.75) is 49.0 Å². The Bertz CT molecular complexity index is 1930. The summed E-state index contributed by atoms with van der Waals surface area (Å²) in [5.74, 6) is 1.06. The molecule has 1 fully saturated rings. The number of benzene rings is 3. The van der Waals surface area contributed by atoms with Gasteiger partial charge in [-0.3, -0.25) is 9.69 Å². The molecule has 3 aromatic carbocycles. The van der Waals surface area contributed by atoms with Gasteiger partial charge in [-0.15, -0.1) is 11.3 Å². The number of hydrogen-bond donors (Lipinski definition) is 3. The highest BCUT2D eigenvalue weighted by molar-refractivity contribution is 7.89. The molecule has 3 atom stereocenters. The zero-order chi connectivity index (χ0) is 34.8. The van der Waals surface area contributed by atoms with Crippen LogP contribution in [0.25, 0.3) is 0 Å². The Hall–Kier alpha value is -4.63. The monoisotopic (exact) mass is 707 g/mol. The predicted octanol–water partition coefficient (Wildman–Crippen LogP) is 5.00. The largest absolute Gasteiger partial charge is 0.508 e. The summed E-state index contributed by atoms with van der Waals surface area (Å²) in [6, 6.07) is 17.6. The number of carbonyl (C=O) groups is 2. The highest BCUT2D eigenvalue weighted by Crippen LogP contribution is 2.34. The Morgan fingerprint density at radius 3 is 2.49 bits per heavy atom. The van der Waals surface area contributed by atoms with E-state index in [9.17, 15) is 23.1 Å². The normalized spacial score (nSPS) is 19.2. The smallest absolute Gasteiger partial charge is 0.348 e. The molecular weight excluding hydrogens is 669 g/mol. The number of nitrogens with zero attached hydrogens (tertiary/aromatic N) is 2. The summed E-state index contributed by atoms with van der Waals surface area (Å²) < 4.78 is 42.4. The molecule has 0 spiro atoms. The number of fused-ring (bicyclic) bond motifs is 1. The van der Waals surface area contributed by atoms with Gasteiger partial charge in [-0.2, -0.15) is 8.42 Å². The van der Waals surface area contributed by atoms with Crippen molar-refractivity contribution in [1.29, 1.82) is 0 Å². The quantitative estimate of drug-likeness (QED) is 0.153. The second kappa shape index (κ2) is 14.1. The molecular formula is C35H39N4O8S2+. The number of anilines is 1. The van der Waals surface area contributed by atoms with Crippen LogP contribution in [0.15, 0.2) is 82.4 Å². The van der Waals surface area contributed by atoms with Crippen molar-refractivity contribution in [2.75, 3.05) is 32.2 Å². The number of likely N-dealkylation sites (N-methyl/N-ethyl adjacent to an activating group) is 1. The van der Waals surface area contributed by atoms with Crippen LogP contribution < -0.4 is 24.7 Å². The number of piperidine rings is 1. The number of rotatable bonds is 10. The number of aromatic hydroxyl groups is 1. The van der Waals surface area contributed by atoms with Crippen LogP contribution in [0, 0.1) is 6.92 Å². The topological polar surface area (TPSA) is 157 Å². The van der Waals surface area contributed by atoms with Crippen LogP contribution in [0.5, 0.6) is 23.0 Å². The van der Waals surface area contributed by atoms with Gasteiger partial charge in [-0.05, 0) is 103 Å². The molecule has 0 radical (unpaired) electrons. The summed E-state index contributed by atoms with van der Waals surface area (Å²) in [5, 5.41) is 14.2. The first-order chi connectivity index (χ1) is 23.4. The number of ether oxygens (including phenoxy) is 2. The van der Waals surface area contributed by atoms with E-state index in [1.807, 2.05) is 18.2 Å². The maximum absolute atomic E-state index is 14.1. The molecule has 2 aliphatic heterocycles. The maximum atomic E-state index is 14.1. The third-order valence-corrected chi connectivity index (χ3v) is 11.4. The number of quaternary nitrogens is 1. The Balaban J connectivity index is 1.20. The number of urea groups is 1. The molecule has 1 saturated heterocycles. The first kappa shape index (κ1) is 34.2. The fourth-order valence-corrected chi connectivity index (χ4v) is 8.43. The molecule has 1 aromatic heterocycles. The number of nitrogens with one attached hydrogen (secondary N) is 1. The number of hydrogen-bond acceptors (Lipinski definition) is 10. The van der Waals surface area contributed by atoms with Crippen LogP contribution in [-0.4, -0.2) is 73.9 Å². The lowest BCUT2D eigenvalue weighted by atomic mass is 9.98. The summed E-state index contributed by atoms with van der Waals surface area (Å²) in [6.07, 6.45) is 1.55. The molecule has 49 heavy (non-hydrogen) atoms. The van der Waals surface area contributed by atoms with E-state index in [0.29, 0.717) is 41.2 Å². The first-order valence-electron chi connectivity index (χ1n) is 15.9. The van der Waals surface area contributed by atoms with Gasteiger partial charge in [-0.25, -0.2) is 4.79 Å². The lowest BCUT2D eigenvalue weighted by Gasteiger charge is -2.44. The van der Waals surface area contributed by atoms with Crippen LogP contribution in [0.1, 0.15) is 29.5 Å². The SMILES string of the molecule is Cc1csc(S(=O)(=O)Oc2ccc(NC(=O)N(C(=O)[C@@H](N)Cc3ccc(O)cc3)[C@H]3CCC[N+](C)(Cc4ccc5c(c4)OCO5)C3)cc2)c1. The molecule has 4 N–H and O–H groups in total. The number of nitrogens with two attached hydrogens (primary N) is 1. The van der Waals surface area contributed by atoms with Gasteiger partial charge in [0.2, 0.25) is 12.7 Å². The van der Waals surface area contributed by atoms with Crippen LogP contribution in [0.2, 0.25) is 0 Å². The summed E-state index contributed by atoms with van der Waals surface area (Å²) in [6.45, 7) is 4.00. The highest BCUT2D eigenvalue weighted by atomic mass is 32.3. The molecule has 12 nitrogen and oxygen atoms in total. The van der Waals surface area contributed by atoms with E-state index in [1.165, 1.54) is 47.4 Å². The summed E-state index contributed by atoms with van der Waals surface area (Å²) >= 11 is 1.07. The minimum Gasteiger partial charge on any atom is -0.508 e. The second-order valence-electron chi connectivity index (χ2n) is 12.8. The second-order valence-corrected chi connectivity index (χ2v) is 15.5. The zero-order valence-electron chi connectivity index (χ0n) is 27.2. The minimum atomic E-state index is -4.01. The van der Waals surface area contributed by atoms with Gasteiger partial charge in [0.05, 0.1) is 25.7 Å². The number of amides is 3. The van der Waals surface area contributed by atoms with Crippen LogP contribution in [0.3, 0.4) is 0 Å². The fourth-order valence-electron chi connectivity index (χ4n) is 6.31. The molecule has 0 aliphatic carbocycles. The molecule has 4 aromatic rings. The van der Waals surface area contributed by atoms with E-state index in [-0.39, 0.29) is 28.9 Å². The number of thiophene rings is 1. The standard InChI is InChI=1S/C35H38N4O8S2/c1-23-16-33(48-21-23)49(43,44)47-29-12-8-26(9-13-29)37-35(42)38(34(41)30(36)17-24-5-10-28(40)11-6-24)27-4-3-15-39(2,20-27)19-25-7-14-31-32(18-25)46-22-45-31/h5-14,16,18,21,27,30H,3-4,15,17,19-20,22,36H2,1-2H3,(H-,37,40,42)/p+1/t27-,30-,39?/m0/s1. The lowest BCUT2D eigenvalue weighted by molar-refractivity contribution is -0.928. The molecule has 2 aliphatic rings. The van der Waals surface area contributed by atoms with Crippen LogP contribution in [0.4, 0.5) is 10.5 Å². The summed E-state index contributed by atoms with van der Waals surface area (Å²) in [7, 11) is -1.90. The Morgan fingerprint density at radius 1 is 1.06 bits per heavy atom. The van der Waals surface area contributed by atoms with Gasteiger partial charge >= 0.3 is 16.1 Å². The highest BCUT2D eigenvalue weighted by Gasteiger charge is 2.41. The molecule has 1 unspecified atom stereocenters. The summed E-state index contributed by atoms with van der Waals surface area (Å²) in [5.41, 5.74) is 9.42. The van der Waals surface area contributed by atoms with Crippen LogP contribution in [-0.2, 0) is 27.9 Å². The molecule has 3 amide bonds. The third-order valence-electron chi connectivity index (χ3n) is 8.68. The molecule has 0 saturated carbocycles.